The van der Waals surface area contributed by atoms with Crippen molar-refractivity contribution < 1.29 is 9.53 Å². The van der Waals surface area contributed by atoms with Crippen LogP contribution in [0.4, 0.5) is 11.4 Å². The van der Waals surface area contributed by atoms with Crippen molar-refractivity contribution in [2.75, 3.05) is 23.8 Å². The molecule has 0 fully saturated rings. The maximum absolute atomic E-state index is 12.2. The van der Waals surface area contributed by atoms with Gasteiger partial charge in [0.2, 0.25) is 0 Å². The van der Waals surface area contributed by atoms with Crippen molar-refractivity contribution >= 4 is 17.3 Å². The fourth-order valence-corrected chi connectivity index (χ4v) is 2.42. The summed E-state index contributed by atoms with van der Waals surface area (Å²) in [6.45, 7) is 0.740. The number of hydrogen-bond donors (Lipinski definition) is 1. The summed E-state index contributed by atoms with van der Waals surface area (Å²) in [5, 5.41) is 0. The van der Waals surface area contributed by atoms with Crippen LogP contribution in [-0.4, -0.2) is 19.1 Å². The summed E-state index contributed by atoms with van der Waals surface area (Å²) in [6, 6.07) is 15.0. The Morgan fingerprint density at radius 1 is 1.20 bits per heavy atom. The molecule has 2 N–H and O–H groups in total. The molecule has 0 spiro atoms. The average Bonchev–Trinajstić information content (AvgIpc) is 2.89. The number of anilines is 2. The number of nitrogens with zero attached hydrogens (tertiary/aromatic N) is 1. The molecular formula is C16H16N2O2. The van der Waals surface area contributed by atoms with Gasteiger partial charge in [-0.05, 0) is 42.3 Å². The molecule has 2 aromatic rings. The number of nitrogen functional groups attached to an aromatic ring is 1. The molecule has 4 heteroatoms. The van der Waals surface area contributed by atoms with E-state index >= 15 is 0 Å². The van der Waals surface area contributed by atoms with Gasteiger partial charge in [0.15, 0.2) is 6.61 Å². The van der Waals surface area contributed by atoms with Gasteiger partial charge in [-0.15, -0.1) is 0 Å². The second-order valence-corrected chi connectivity index (χ2v) is 4.79. The second-order valence-electron chi connectivity index (χ2n) is 4.79. The molecule has 1 amide bonds. The van der Waals surface area contributed by atoms with Crippen molar-refractivity contribution in [2.24, 2.45) is 0 Å². The Morgan fingerprint density at radius 3 is 2.80 bits per heavy atom. The summed E-state index contributed by atoms with van der Waals surface area (Å²) in [5.74, 6) is 0.676. The fourth-order valence-electron chi connectivity index (χ4n) is 2.42. The normalized spacial score (nSPS) is 13.1. The van der Waals surface area contributed by atoms with Crippen molar-refractivity contribution in [1.29, 1.82) is 0 Å². The van der Waals surface area contributed by atoms with Crippen LogP contribution in [0.5, 0.6) is 5.75 Å². The van der Waals surface area contributed by atoms with E-state index in [2.05, 4.69) is 0 Å². The predicted molar refractivity (Wildman–Crippen MR) is 78.8 cm³/mol. The van der Waals surface area contributed by atoms with Gasteiger partial charge in [0, 0.05) is 17.9 Å². The van der Waals surface area contributed by atoms with Gasteiger partial charge in [-0.3, -0.25) is 4.79 Å². The summed E-state index contributed by atoms with van der Waals surface area (Å²) in [5.41, 5.74) is 8.56. The zero-order chi connectivity index (χ0) is 13.9. The molecule has 0 bridgehead atoms. The summed E-state index contributed by atoms with van der Waals surface area (Å²) in [4.78, 5) is 14.0. The van der Waals surface area contributed by atoms with E-state index in [0.29, 0.717) is 12.3 Å². The topological polar surface area (TPSA) is 55.6 Å². The Bertz CT molecular complexity index is 626. The third-order valence-electron chi connectivity index (χ3n) is 3.41. The lowest BCUT2D eigenvalue weighted by Gasteiger charge is -2.17. The van der Waals surface area contributed by atoms with Gasteiger partial charge in [0.05, 0.1) is 0 Å². The monoisotopic (exact) mass is 268 g/mol. The average molecular weight is 268 g/mol. The number of nitrogens with two attached hydrogens (primary N) is 1. The van der Waals surface area contributed by atoms with Crippen LogP contribution in [-0.2, 0) is 11.2 Å². The summed E-state index contributed by atoms with van der Waals surface area (Å²) >= 11 is 0. The van der Waals surface area contributed by atoms with Gasteiger partial charge in [0.1, 0.15) is 5.75 Å². The third-order valence-corrected chi connectivity index (χ3v) is 3.41. The largest absolute Gasteiger partial charge is 0.484 e. The van der Waals surface area contributed by atoms with Crippen LogP contribution < -0.4 is 15.4 Å². The number of hydrogen-bond acceptors (Lipinski definition) is 3. The number of para-hydroxylation sites is 1. The van der Waals surface area contributed by atoms with E-state index in [1.807, 2.05) is 48.5 Å². The Kier molecular flexibility index (Phi) is 3.29. The maximum atomic E-state index is 12.2. The molecule has 20 heavy (non-hydrogen) atoms. The number of fused-ring (bicyclic) bond motifs is 1. The predicted octanol–water partition coefficient (Wildman–Crippen LogP) is 2.24. The van der Waals surface area contributed by atoms with Crippen molar-refractivity contribution in [3.05, 3.63) is 54.1 Å². The van der Waals surface area contributed by atoms with Crippen LogP contribution in [0.25, 0.3) is 0 Å². The van der Waals surface area contributed by atoms with E-state index in [1.54, 1.807) is 4.90 Å². The maximum Gasteiger partial charge on any atom is 0.264 e. The van der Waals surface area contributed by atoms with E-state index in [4.69, 9.17) is 10.5 Å². The van der Waals surface area contributed by atoms with E-state index in [9.17, 15) is 4.79 Å². The molecule has 0 saturated heterocycles. The smallest absolute Gasteiger partial charge is 0.264 e. The molecule has 1 aliphatic rings. The van der Waals surface area contributed by atoms with Crippen LogP contribution in [0.15, 0.2) is 48.5 Å². The molecule has 1 aliphatic heterocycles. The highest BCUT2D eigenvalue weighted by molar-refractivity contribution is 5.96. The molecule has 2 aromatic carbocycles. The highest BCUT2D eigenvalue weighted by atomic mass is 16.5. The Balaban J connectivity index is 1.68. The highest BCUT2D eigenvalue weighted by Crippen LogP contribution is 2.29. The quantitative estimate of drug-likeness (QED) is 0.868. The van der Waals surface area contributed by atoms with Crippen LogP contribution in [0.3, 0.4) is 0 Å². The Hall–Kier alpha value is -2.49. The summed E-state index contributed by atoms with van der Waals surface area (Å²) in [6.07, 6.45) is 0.845. The first-order valence-electron chi connectivity index (χ1n) is 6.60. The number of carbonyl (C=O) groups excluding carboxylic acids is 1. The van der Waals surface area contributed by atoms with Crippen LogP contribution >= 0.6 is 0 Å². The molecule has 0 aromatic heterocycles. The lowest BCUT2D eigenvalue weighted by atomic mass is 10.1. The van der Waals surface area contributed by atoms with Crippen LogP contribution in [0, 0.1) is 0 Å². The molecule has 0 atom stereocenters. The third kappa shape index (κ3) is 2.45. The minimum absolute atomic E-state index is 0.0302. The van der Waals surface area contributed by atoms with Gasteiger partial charge >= 0.3 is 0 Å². The summed E-state index contributed by atoms with van der Waals surface area (Å²) in [7, 11) is 0. The number of carbonyl (C=O) groups is 1. The van der Waals surface area contributed by atoms with Crippen molar-refractivity contribution in [3.63, 3.8) is 0 Å². The van der Waals surface area contributed by atoms with E-state index in [1.165, 1.54) is 0 Å². The van der Waals surface area contributed by atoms with E-state index in [-0.39, 0.29) is 12.5 Å². The number of rotatable bonds is 3. The highest BCUT2D eigenvalue weighted by Gasteiger charge is 2.24. The molecule has 4 nitrogen and oxygen atoms in total. The van der Waals surface area contributed by atoms with Crippen molar-refractivity contribution in [2.45, 2.75) is 6.42 Å². The zero-order valence-electron chi connectivity index (χ0n) is 11.1. The van der Waals surface area contributed by atoms with Gasteiger partial charge in [-0.2, -0.15) is 0 Å². The lowest BCUT2D eigenvalue weighted by molar-refractivity contribution is -0.120. The second kappa shape index (κ2) is 5.25. The lowest BCUT2D eigenvalue weighted by Crippen LogP contribution is -2.33. The fraction of sp³-hybridized carbons (Fsp3) is 0.188. The SMILES string of the molecule is Nc1ccc2c(c1)CCN2C(=O)COc1ccccc1. The first-order valence-corrected chi connectivity index (χ1v) is 6.60. The molecule has 3 rings (SSSR count). The zero-order valence-corrected chi connectivity index (χ0v) is 11.1. The minimum Gasteiger partial charge on any atom is -0.484 e. The number of ether oxygens (including phenoxy) is 1. The van der Waals surface area contributed by atoms with Gasteiger partial charge in [-0.1, -0.05) is 18.2 Å². The van der Waals surface area contributed by atoms with Crippen LogP contribution in [0.2, 0.25) is 0 Å². The molecule has 0 unspecified atom stereocenters. The van der Waals surface area contributed by atoms with Gasteiger partial charge in [-0.25, -0.2) is 0 Å². The number of amides is 1. The standard InChI is InChI=1S/C16H16N2O2/c17-13-6-7-15-12(10-13)8-9-18(15)16(19)11-20-14-4-2-1-3-5-14/h1-7,10H,8-9,11,17H2. The molecule has 1 heterocycles. The Labute approximate surface area is 117 Å². The van der Waals surface area contributed by atoms with Gasteiger partial charge < -0.3 is 15.4 Å². The van der Waals surface area contributed by atoms with Crippen molar-refractivity contribution in [1.82, 2.24) is 0 Å². The molecule has 0 aliphatic carbocycles. The van der Waals surface area contributed by atoms with Crippen LogP contribution in [0.1, 0.15) is 5.56 Å². The minimum atomic E-state index is -0.0302. The van der Waals surface area contributed by atoms with E-state index < -0.39 is 0 Å². The molecule has 0 saturated carbocycles. The number of benzene rings is 2. The Morgan fingerprint density at radius 2 is 2.00 bits per heavy atom. The first kappa shape index (κ1) is 12.5. The molecule has 102 valence electrons. The van der Waals surface area contributed by atoms with Crippen molar-refractivity contribution in [3.8, 4) is 5.75 Å². The van der Waals surface area contributed by atoms with E-state index in [0.717, 1.165) is 23.4 Å². The molecule has 0 radical (unpaired) electrons. The van der Waals surface area contributed by atoms with Gasteiger partial charge in [0.25, 0.3) is 5.91 Å². The first-order chi connectivity index (χ1) is 9.74. The molecular weight excluding hydrogens is 252 g/mol. The summed E-state index contributed by atoms with van der Waals surface area (Å²) < 4.78 is 5.50.